The van der Waals surface area contributed by atoms with Crippen LogP contribution in [-0.2, 0) is 9.53 Å². The van der Waals surface area contributed by atoms with Crippen molar-refractivity contribution in [1.82, 2.24) is 4.90 Å². The van der Waals surface area contributed by atoms with Crippen LogP contribution in [0.3, 0.4) is 0 Å². The molecule has 155 valence electrons. The topological polar surface area (TPSA) is 29.5 Å². The Morgan fingerprint density at radius 3 is 1.27 bits per heavy atom. The lowest BCUT2D eigenvalue weighted by Gasteiger charge is -2.17. The van der Waals surface area contributed by atoms with E-state index in [1.54, 1.807) is 0 Å². The zero-order chi connectivity index (χ0) is 19.1. The molecule has 0 atom stereocenters. The first-order valence-electron chi connectivity index (χ1n) is 11.6. The van der Waals surface area contributed by atoms with Crippen LogP contribution < -0.4 is 0 Å². The van der Waals surface area contributed by atoms with E-state index in [2.05, 4.69) is 23.5 Å². The lowest BCUT2D eigenvalue weighted by molar-refractivity contribution is 0.268. The van der Waals surface area contributed by atoms with E-state index in [0.717, 1.165) is 6.42 Å². The Kier molecular flexibility index (Phi) is 22.0. The minimum absolute atomic E-state index is 0.541. The lowest BCUT2D eigenvalue weighted by Crippen LogP contribution is -2.23. The highest BCUT2D eigenvalue weighted by molar-refractivity contribution is 5.37. The average molecular weight is 369 g/mol. The molecular weight excluding hydrogens is 322 g/mol. The molecule has 0 spiro atoms. The molecule has 26 heavy (non-hydrogen) atoms. The van der Waals surface area contributed by atoms with Gasteiger partial charge < -0.3 is 9.64 Å². The van der Waals surface area contributed by atoms with E-state index < -0.39 is 0 Å². The molecule has 0 fully saturated rings. The molecule has 0 rings (SSSR count). The largest absolute Gasteiger partial charge is 0.457 e. The Bertz CT molecular complexity index is 267. The highest BCUT2D eigenvalue weighted by Gasteiger charge is 1.98. The average Bonchev–Trinajstić information content (AvgIpc) is 2.66. The molecule has 0 aliphatic carbocycles. The maximum absolute atomic E-state index is 9.87. The predicted molar refractivity (Wildman–Crippen MR) is 113 cm³/mol. The van der Waals surface area contributed by atoms with Crippen molar-refractivity contribution < 1.29 is 9.53 Å². The fourth-order valence-electron chi connectivity index (χ4n) is 3.57. The maximum Gasteiger partial charge on any atom is 0.417 e. The highest BCUT2D eigenvalue weighted by atomic mass is 16.5. The van der Waals surface area contributed by atoms with Crippen LogP contribution >= 0.6 is 0 Å². The van der Waals surface area contributed by atoms with Gasteiger partial charge in [-0.2, -0.15) is 0 Å². The molecule has 0 bridgehead atoms. The molecule has 3 heteroatoms. The number of hydrogen-bond donors (Lipinski definition) is 0. The highest BCUT2D eigenvalue weighted by Crippen LogP contribution is 2.13. The molecule has 0 aliphatic heterocycles. The first-order chi connectivity index (χ1) is 12.8. The number of rotatable bonds is 22. The fraction of sp³-hybridized carbons (Fsp3) is 0.957. The van der Waals surface area contributed by atoms with E-state index in [0.29, 0.717) is 6.61 Å². The summed E-state index contributed by atoms with van der Waals surface area (Å²) in [5.41, 5.74) is 0. The number of ether oxygens (including phenoxy) is 1. The van der Waals surface area contributed by atoms with Crippen molar-refractivity contribution >= 4 is 6.47 Å². The first-order valence-corrected chi connectivity index (χ1v) is 11.6. The smallest absolute Gasteiger partial charge is 0.417 e. The van der Waals surface area contributed by atoms with E-state index in [-0.39, 0.29) is 0 Å². The maximum atomic E-state index is 9.87. The fourth-order valence-corrected chi connectivity index (χ4v) is 3.57. The Morgan fingerprint density at radius 2 is 0.923 bits per heavy atom. The van der Waals surface area contributed by atoms with Crippen molar-refractivity contribution in [1.29, 1.82) is 0 Å². The van der Waals surface area contributed by atoms with Crippen molar-refractivity contribution in [3.63, 3.8) is 0 Å². The summed E-state index contributed by atoms with van der Waals surface area (Å²) >= 11 is 0. The van der Waals surface area contributed by atoms with E-state index in [1.807, 2.05) is 0 Å². The molecule has 0 aromatic carbocycles. The van der Waals surface area contributed by atoms with Crippen LogP contribution in [0.5, 0.6) is 0 Å². The minimum Gasteiger partial charge on any atom is -0.457 e. The van der Waals surface area contributed by atoms with Gasteiger partial charge in [-0.15, -0.1) is 0 Å². The van der Waals surface area contributed by atoms with E-state index in [4.69, 9.17) is 0 Å². The Morgan fingerprint density at radius 1 is 0.577 bits per heavy atom. The summed E-state index contributed by atoms with van der Waals surface area (Å²) < 4.78 is 4.57. The van der Waals surface area contributed by atoms with Crippen molar-refractivity contribution in [3.05, 3.63) is 0 Å². The number of carbonyl (C=O) groups excluding carboxylic acids is 1. The molecule has 0 amide bonds. The lowest BCUT2D eigenvalue weighted by atomic mass is 10.0. The van der Waals surface area contributed by atoms with Gasteiger partial charge >= 0.3 is 6.47 Å². The Labute approximate surface area is 164 Å². The van der Waals surface area contributed by atoms with E-state index in [9.17, 15) is 4.79 Å². The van der Waals surface area contributed by atoms with Crippen LogP contribution in [0, 0.1) is 0 Å². The number of nitrogens with zero attached hydrogens (tertiary/aromatic N) is 1. The van der Waals surface area contributed by atoms with Crippen LogP contribution in [0.1, 0.15) is 117 Å². The summed E-state index contributed by atoms with van der Waals surface area (Å²) in [7, 11) is 0. The molecule has 0 aromatic rings. The minimum atomic E-state index is 0.541. The van der Waals surface area contributed by atoms with Gasteiger partial charge in [0.25, 0.3) is 0 Å². The Hall–Kier alpha value is -0.570. The zero-order valence-corrected chi connectivity index (χ0v) is 17.9. The Balaban J connectivity index is 3.04. The molecule has 0 heterocycles. The molecule has 1 radical (unpaired) electrons. The molecule has 0 unspecified atom stereocenters. The third kappa shape index (κ3) is 19.8. The summed E-state index contributed by atoms with van der Waals surface area (Å²) in [4.78, 5) is 12.4. The van der Waals surface area contributed by atoms with Crippen LogP contribution in [-0.4, -0.2) is 37.6 Å². The van der Waals surface area contributed by atoms with Gasteiger partial charge in [-0.1, -0.05) is 104 Å². The molecule has 0 saturated carbocycles. The second kappa shape index (κ2) is 22.5. The third-order valence-electron chi connectivity index (χ3n) is 5.42. The van der Waals surface area contributed by atoms with Gasteiger partial charge in [0, 0.05) is 0 Å². The van der Waals surface area contributed by atoms with Gasteiger partial charge in [-0.3, -0.25) is 0 Å². The van der Waals surface area contributed by atoms with Crippen molar-refractivity contribution in [2.45, 2.75) is 117 Å². The van der Waals surface area contributed by atoms with Crippen LogP contribution in [0.15, 0.2) is 0 Å². The zero-order valence-electron chi connectivity index (χ0n) is 17.9. The second-order valence-corrected chi connectivity index (χ2v) is 7.62. The number of unbranched alkanes of at least 4 members (excludes halogenated alkanes) is 15. The van der Waals surface area contributed by atoms with Gasteiger partial charge in [-0.05, 0) is 32.5 Å². The summed E-state index contributed by atoms with van der Waals surface area (Å²) in [6.07, 6.45) is 21.8. The van der Waals surface area contributed by atoms with Crippen molar-refractivity contribution in [2.24, 2.45) is 0 Å². The third-order valence-corrected chi connectivity index (χ3v) is 5.42. The molecule has 0 saturated heterocycles. The van der Waals surface area contributed by atoms with Gasteiger partial charge in [0.1, 0.15) is 0 Å². The SMILES string of the molecule is CCN(CC)CCCCCCCCCCCCCCCCCCO[C]=O. The van der Waals surface area contributed by atoms with Crippen molar-refractivity contribution in [2.75, 3.05) is 26.2 Å². The van der Waals surface area contributed by atoms with E-state index in [1.165, 1.54) is 122 Å². The van der Waals surface area contributed by atoms with Crippen LogP contribution in [0.4, 0.5) is 0 Å². The van der Waals surface area contributed by atoms with Crippen molar-refractivity contribution in [3.8, 4) is 0 Å². The molecular formula is C23H46NO2. The first kappa shape index (κ1) is 25.4. The molecule has 0 aromatic heterocycles. The van der Waals surface area contributed by atoms with Crippen LogP contribution in [0.2, 0.25) is 0 Å². The van der Waals surface area contributed by atoms with Gasteiger partial charge in [0.2, 0.25) is 0 Å². The summed E-state index contributed by atoms with van der Waals surface area (Å²) in [6, 6.07) is 0. The monoisotopic (exact) mass is 368 g/mol. The summed E-state index contributed by atoms with van der Waals surface area (Å²) in [5.74, 6) is 0. The standard InChI is InChI=1S/C23H46NO2/c1-3-24(4-2)21-19-17-15-13-11-9-7-5-6-8-10-12-14-16-18-20-22-26-23-25/h3-22H2,1-2H3. The van der Waals surface area contributed by atoms with Gasteiger partial charge in [0.15, 0.2) is 0 Å². The molecule has 0 N–H and O–H groups in total. The molecule has 0 aliphatic rings. The summed E-state index contributed by atoms with van der Waals surface area (Å²) in [5, 5.41) is 0. The van der Waals surface area contributed by atoms with E-state index >= 15 is 0 Å². The predicted octanol–water partition coefficient (Wildman–Crippen LogP) is 6.65. The van der Waals surface area contributed by atoms with Gasteiger partial charge in [-0.25, -0.2) is 4.79 Å². The quantitative estimate of drug-likeness (QED) is 0.200. The number of hydrogen-bond acceptors (Lipinski definition) is 3. The van der Waals surface area contributed by atoms with Crippen LogP contribution in [0.25, 0.3) is 0 Å². The molecule has 3 nitrogen and oxygen atoms in total. The van der Waals surface area contributed by atoms with Gasteiger partial charge in [0.05, 0.1) is 6.61 Å². The normalized spacial score (nSPS) is 11.2. The summed E-state index contributed by atoms with van der Waals surface area (Å²) in [6.45, 7) is 10.2. The second-order valence-electron chi connectivity index (χ2n) is 7.62.